The molecule has 0 amide bonds. The maximum atomic E-state index is 10.7. The summed E-state index contributed by atoms with van der Waals surface area (Å²) in [6, 6.07) is 5.44. The summed E-state index contributed by atoms with van der Waals surface area (Å²) in [7, 11) is 1.84. The fourth-order valence-corrected chi connectivity index (χ4v) is 1.62. The monoisotopic (exact) mass is 218 g/mol. The molecule has 2 aromatic rings. The SMILES string of the molecule is CC(C)Oc1nn(C)c2cc(C=O)ccc12. The van der Waals surface area contributed by atoms with Gasteiger partial charge in [-0.15, -0.1) is 5.10 Å². The van der Waals surface area contributed by atoms with Gasteiger partial charge in [-0.3, -0.25) is 9.48 Å². The van der Waals surface area contributed by atoms with Crippen LogP contribution in [0.4, 0.5) is 0 Å². The summed E-state index contributed by atoms with van der Waals surface area (Å²) in [5.41, 5.74) is 1.55. The second-order valence-corrected chi connectivity index (χ2v) is 3.99. The average molecular weight is 218 g/mol. The van der Waals surface area contributed by atoms with Crippen LogP contribution >= 0.6 is 0 Å². The molecule has 0 aliphatic carbocycles. The fraction of sp³-hybridized carbons (Fsp3) is 0.333. The van der Waals surface area contributed by atoms with Gasteiger partial charge in [0.25, 0.3) is 0 Å². The lowest BCUT2D eigenvalue weighted by Gasteiger charge is -2.05. The molecule has 1 aromatic carbocycles. The van der Waals surface area contributed by atoms with Crippen LogP contribution in [-0.4, -0.2) is 22.2 Å². The third-order valence-corrected chi connectivity index (χ3v) is 2.33. The number of ether oxygens (including phenoxy) is 1. The van der Waals surface area contributed by atoms with Gasteiger partial charge in [-0.25, -0.2) is 0 Å². The Kier molecular flexibility index (Phi) is 2.64. The molecule has 0 aliphatic heterocycles. The number of aromatic nitrogens is 2. The summed E-state index contributed by atoms with van der Waals surface area (Å²) in [6.45, 7) is 3.92. The van der Waals surface area contributed by atoms with Gasteiger partial charge in [-0.1, -0.05) is 6.07 Å². The van der Waals surface area contributed by atoms with Crippen molar-refractivity contribution >= 4 is 17.2 Å². The summed E-state index contributed by atoms with van der Waals surface area (Å²) >= 11 is 0. The summed E-state index contributed by atoms with van der Waals surface area (Å²) < 4.78 is 7.32. The second kappa shape index (κ2) is 3.96. The predicted octanol–water partition coefficient (Wildman–Crippen LogP) is 2.17. The Labute approximate surface area is 93.8 Å². The van der Waals surface area contributed by atoms with E-state index >= 15 is 0 Å². The van der Waals surface area contributed by atoms with Crippen LogP contribution in [0, 0.1) is 0 Å². The van der Waals surface area contributed by atoms with Crippen LogP contribution in [0.2, 0.25) is 0 Å². The van der Waals surface area contributed by atoms with E-state index in [0.29, 0.717) is 11.4 Å². The van der Waals surface area contributed by atoms with Crippen molar-refractivity contribution < 1.29 is 9.53 Å². The van der Waals surface area contributed by atoms with Crippen LogP contribution in [0.3, 0.4) is 0 Å². The topological polar surface area (TPSA) is 44.1 Å². The molecule has 0 atom stereocenters. The predicted molar refractivity (Wildman–Crippen MR) is 61.9 cm³/mol. The highest BCUT2D eigenvalue weighted by molar-refractivity contribution is 5.90. The van der Waals surface area contributed by atoms with Crippen molar-refractivity contribution in [1.82, 2.24) is 9.78 Å². The lowest BCUT2D eigenvalue weighted by atomic mass is 10.2. The lowest BCUT2D eigenvalue weighted by molar-refractivity contribution is 0.112. The molecule has 0 spiro atoms. The largest absolute Gasteiger partial charge is 0.473 e. The van der Waals surface area contributed by atoms with Crippen molar-refractivity contribution in [2.24, 2.45) is 7.05 Å². The highest BCUT2D eigenvalue weighted by atomic mass is 16.5. The van der Waals surface area contributed by atoms with Crippen molar-refractivity contribution in [2.45, 2.75) is 20.0 Å². The zero-order valence-electron chi connectivity index (χ0n) is 9.60. The van der Waals surface area contributed by atoms with E-state index in [-0.39, 0.29) is 6.10 Å². The first-order chi connectivity index (χ1) is 7.61. The van der Waals surface area contributed by atoms with Gasteiger partial charge in [0.05, 0.1) is 17.0 Å². The number of nitrogens with zero attached hydrogens (tertiary/aromatic N) is 2. The number of fused-ring (bicyclic) bond motifs is 1. The summed E-state index contributed by atoms with van der Waals surface area (Å²) in [5.74, 6) is 0.616. The lowest BCUT2D eigenvalue weighted by Crippen LogP contribution is -2.06. The van der Waals surface area contributed by atoms with Crippen LogP contribution in [0.5, 0.6) is 5.88 Å². The fourth-order valence-electron chi connectivity index (χ4n) is 1.62. The Balaban J connectivity index is 2.57. The minimum absolute atomic E-state index is 0.0869. The maximum Gasteiger partial charge on any atom is 0.241 e. The van der Waals surface area contributed by atoms with Crippen molar-refractivity contribution in [3.63, 3.8) is 0 Å². The molecule has 0 radical (unpaired) electrons. The first kappa shape index (κ1) is 10.7. The summed E-state index contributed by atoms with van der Waals surface area (Å²) in [4.78, 5) is 10.7. The number of carbonyl (C=O) groups is 1. The molecule has 1 aromatic heterocycles. The van der Waals surface area contributed by atoms with Crippen LogP contribution < -0.4 is 4.74 Å². The Morgan fingerprint density at radius 1 is 1.44 bits per heavy atom. The minimum atomic E-state index is 0.0869. The molecule has 0 saturated carbocycles. The van der Waals surface area contributed by atoms with E-state index in [1.165, 1.54) is 0 Å². The minimum Gasteiger partial charge on any atom is -0.473 e. The number of hydrogen-bond acceptors (Lipinski definition) is 3. The molecule has 4 heteroatoms. The Bertz CT molecular complexity index is 529. The highest BCUT2D eigenvalue weighted by Crippen LogP contribution is 2.25. The van der Waals surface area contributed by atoms with Crippen LogP contribution in [0.15, 0.2) is 18.2 Å². The summed E-state index contributed by atoms with van der Waals surface area (Å²) in [5, 5.41) is 5.22. The molecule has 84 valence electrons. The number of hydrogen-bond donors (Lipinski definition) is 0. The molecule has 0 saturated heterocycles. The van der Waals surface area contributed by atoms with Crippen molar-refractivity contribution in [1.29, 1.82) is 0 Å². The first-order valence-corrected chi connectivity index (χ1v) is 5.20. The third kappa shape index (κ3) is 1.78. The van der Waals surface area contributed by atoms with Gasteiger partial charge in [0, 0.05) is 12.6 Å². The van der Waals surface area contributed by atoms with Gasteiger partial charge in [0.2, 0.25) is 5.88 Å². The van der Waals surface area contributed by atoms with E-state index in [1.54, 1.807) is 10.7 Å². The van der Waals surface area contributed by atoms with Gasteiger partial charge in [0.1, 0.15) is 6.29 Å². The van der Waals surface area contributed by atoms with E-state index < -0.39 is 0 Å². The van der Waals surface area contributed by atoms with E-state index in [0.717, 1.165) is 17.2 Å². The second-order valence-electron chi connectivity index (χ2n) is 3.99. The molecule has 2 rings (SSSR count). The van der Waals surface area contributed by atoms with Crippen LogP contribution in [0.1, 0.15) is 24.2 Å². The van der Waals surface area contributed by atoms with Gasteiger partial charge >= 0.3 is 0 Å². The molecule has 0 unspecified atom stereocenters. The number of aldehydes is 1. The Hall–Kier alpha value is -1.84. The zero-order valence-corrected chi connectivity index (χ0v) is 9.60. The zero-order chi connectivity index (χ0) is 11.7. The van der Waals surface area contributed by atoms with E-state index in [9.17, 15) is 4.79 Å². The average Bonchev–Trinajstić information content (AvgIpc) is 2.54. The van der Waals surface area contributed by atoms with E-state index in [1.807, 2.05) is 33.0 Å². The number of benzene rings is 1. The Morgan fingerprint density at radius 2 is 2.19 bits per heavy atom. The standard InChI is InChI=1S/C12H14N2O2/c1-8(2)16-12-10-5-4-9(7-15)6-11(10)14(3)13-12/h4-8H,1-3H3. The molecule has 1 heterocycles. The molecule has 0 aliphatic rings. The molecule has 0 fully saturated rings. The van der Waals surface area contributed by atoms with Crippen molar-refractivity contribution in [2.75, 3.05) is 0 Å². The van der Waals surface area contributed by atoms with Gasteiger partial charge in [-0.05, 0) is 26.0 Å². The van der Waals surface area contributed by atoms with Crippen LogP contribution in [0.25, 0.3) is 10.9 Å². The normalized spacial score (nSPS) is 11.0. The van der Waals surface area contributed by atoms with Crippen molar-refractivity contribution in [3.8, 4) is 5.88 Å². The molecule has 0 N–H and O–H groups in total. The first-order valence-electron chi connectivity index (χ1n) is 5.20. The summed E-state index contributed by atoms with van der Waals surface area (Å²) in [6.07, 6.45) is 0.916. The molecule has 4 nitrogen and oxygen atoms in total. The smallest absolute Gasteiger partial charge is 0.241 e. The number of aryl methyl sites for hydroxylation is 1. The molecule has 16 heavy (non-hydrogen) atoms. The number of rotatable bonds is 3. The van der Waals surface area contributed by atoms with Gasteiger partial charge in [-0.2, -0.15) is 0 Å². The highest BCUT2D eigenvalue weighted by Gasteiger charge is 2.11. The van der Waals surface area contributed by atoms with Gasteiger partial charge in [0.15, 0.2) is 0 Å². The van der Waals surface area contributed by atoms with E-state index in [4.69, 9.17) is 4.74 Å². The van der Waals surface area contributed by atoms with E-state index in [2.05, 4.69) is 5.10 Å². The Morgan fingerprint density at radius 3 is 2.81 bits per heavy atom. The maximum absolute atomic E-state index is 10.7. The van der Waals surface area contributed by atoms with Gasteiger partial charge < -0.3 is 4.74 Å². The molecular formula is C12H14N2O2. The quantitative estimate of drug-likeness (QED) is 0.741. The van der Waals surface area contributed by atoms with Crippen LogP contribution in [-0.2, 0) is 7.05 Å². The molecular weight excluding hydrogens is 204 g/mol. The number of carbonyl (C=O) groups excluding carboxylic acids is 1. The molecule has 0 bridgehead atoms. The third-order valence-electron chi connectivity index (χ3n) is 2.33. The van der Waals surface area contributed by atoms with Crippen molar-refractivity contribution in [3.05, 3.63) is 23.8 Å².